The summed E-state index contributed by atoms with van der Waals surface area (Å²) in [5.41, 5.74) is 6.33. The van der Waals surface area contributed by atoms with Crippen LogP contribution in [0.5, 0.6) is 0 Å². The van der Waals surface area contributed by atoms with Crippen molar-refractivity contribution in [1.82, 2.24) is 4.90 Å². The van der Waals surface area contributed by atoms with Crippen LogP contribution in [0.15, 0.2) is 24.3 Å². The molecule has 0 aromatic heterocycles. The summed E-state index contributed by atoms with van der Waals surface area (Å²) in [6.45, 7) is 4.28. The van der Waals surface area contributed by atoms with Gasteiger partial charge < -0.3 is 10.6 Å². The monoisotopic (exact) mass is 288 g/mol. The molecule has 0 heterocycles. The molecule has 0 saturated heterocycles. The molecule has 19 heavy (non-hydrogen) atoms. The lowest BCUT2D eigenvalue weighted by atomic mass is 10.0. The van der Waals surface area contributed by atoms with Crippen LogP contribution < -0.4 is 5.73 Å². The standard InChI is InChI=1S/C14H21FN2O.ClH/c1-10(2)8-13(16)14(18)17(3)9-11-6-4-5-7-12(11)15;/h4-7,10,13H,8-9,16H2,1-3H3;1H/t13-;/m0./s1. The van der Waals surface area contributed by atoms with Gasteiger partial charge in [0.1, 0.15) is 5.82 Å². The predicted molar refractivity (Wildman–Crippen MR) is 77.6 cm³/mol. The molecular formula is C14H22ClFN2O. The Bertz CT molecular complexity index is 412. The van der Waals surface area contributed by atoms with Crippen LogP contribution >= 0.6 is 12.4 Å². The highest BCUT2D eigenvalue weighted by Crippen LogP contribution is 2.11. The van der Waals surface area contributed by atoms with Crippen LogP contribution in [-0.4, -0.2) is 23.9 Å². The SMILES string of the molecule is CC(C)C[C@H](N)C(=O)N(C)Cc1ccccc1F.Cl. The zero-order chi connectivity index (χ0) is 13.7. The highest BCUT2D eigenvalue weighted by molar-refractivity contribution is 5.85. The summed E-state index contributed by atoms with van der Waals surface area (Å²) in [5.74, 6) is -0.0765. The molecule has 0 saturated carbocycles. The summed E-state index contributed by atoms with van der Waals surface area (Å²) in [7, 11) is 1.65. The minimum absolute atomic E-state index is 0. The topological polar surface area (TPSA) is 46.3 Å². The van der Waals surface area contributed by atoms with Crippen molar-refractivity contribution in [3.63, 3.8) is 0 Å². The Hall–Kier alpha value is -1.13. The van der Waals surface area contributed by atoms with E-state index in [0.29, 0.717) is 17.9 Å². The lowest BCUT2D eigenvalue weighted by Crippen LogP contribution is -2.42. The van der Waals surface area contributed by atoms with Gasteiger partial charge in [0, 0.05) is 19.2 Å². The number of nitrogens with two attached hydrogens (primary N) is 1. The lowest BCUT2D eigenvalue weighted by Gasteiger charge is -2.22. The van der Waals surface area contributed by atoms with Crippen molar-refractivity contribution in [3.05, 3.63) is 35.6 Å². The Morgan fingerprint density at radius 3 is 2.47 bits per heavy atom. The van der Waals surface area contributed by atoms with Gasteiger partial charge >= 0.3 is 0 Å². The first-order valence-corrected chi connectivity index (χ1v) is 6.15. The van der Waals surface area contributed by atoms with Gasteiger partial charge in [0.05, 0.1) is 6.04 Å². The van der Waals surface area contributed by atoms with Crippen LogP contribution in [0, 0.1) is 11.7 Å². The number of likely N-dealkylation sites (N-methyl/N-ethyl adjacent to an activating group) is 1. The highest BCUT2D eigenvalue weighted by atomic mass is 35.5. The fraction of sp³-hybridized carbons (Fsp3) is 0.500. The average Bonchev–Trinajstić information content (AvgIpc) is 2.30. The molecule has 1 atom stereocenters. The minimum atomic E-state index is -0.512. The van der Waals surface area contributed by atoms with E-state index < -0.39 is 6.04 Å². The summed E-state index contributed by atoms with van der Waals surface area (Å²) in [4.78, 5) is 13.5. The van der Waals surface area contributed by atoms with Gasteiger partial charge in [0.25, 0.3) is 0 Å². The zero-order valence-electron chi connectivity index (χ0n) is 11.6. The van der Waals surface area contributed by atoms with Crippen molar-refractivity contribution in [3.8, 4) is 0 Å². The molecule has 0 aliphatic carbocycles. The van der Waals surface area contributed by atoms with E-state index >= 15 is 0 Å². The van der Waals surface area contributed by atoms with Crippen molar-refractivity contribution >= 4 is 18.3 Å². The van der Waals surface area contributed by atoms with Gasteiger partial charge in [-0.1, -0.05) is 32.0 Å². The Balaban J connectivity index is 0.00000324. The number of hydrogen-bond acceptors (Lipinski definition) is 2. The molecule has 0 aliphatic heterocycles. The Labute approximate surface area is 120 Å². The lowest BCUT2D eigenvalue weighted by molar-refractivity contribution is -0.132. The first-order valence-electron chi connectivity index (χ1n) is 6.15. The Kier molecular flexibility index (Phi) is 7.64. The van der Waals surface area contributed by atoms with Gasteiger partial charge in [0.2, 0.25) is 5.91 Å². The number of carbonyl (C=O) groups is 1. The zero-order valence-corrected chi connectivity index (χ0v) is 12.4. The Morgan fingerprint density at radius 2 is 1.95 bits per heavy atom. The van der Waals surface area contributed by atoms with Crippen LogP contribution in [0.25, 0.3) is 0 Å². The first kappa shape index (κ1) is 17.9. The number of amides is 1. The fourth-order valence-corrected chi connectivity index (χ4v) is 1.85. The second-order valence-corrected chi connectivity index (χ2v) is 5.02. The van der Waals surface area contributed by atoms with Crippen LogP contribution in [0.1, 0.15) is 25.8 Å². The number of benzene rings is 1. The van der Waals surface area contributed by atoms with E-state index in [9.17, 15) is 9.18 Å². The molecule has 0 unspecified atom stereocenters. The van der Waals surface area contributed by atoms with Gasteiger partial charge in [-0.25, -0.2) is 4.39 Å². The molecule has 0 bridgehead atoms. The van der Waals surface area contributed by atoms with Gasteiger partial charge in [-0.15, -0.1) is 12.4 Å². The molecule has 1 aromatic carbocycles. The van der Waals surface area contributed by atoms with Crippen molar-refractivity contribution in [1.29, 1.82) is 0 Å². The molecule has 1 aromatic rings. The van der Waals surface area contributed by atoms with E-state index in [1.165, 1.54) is 11.0 Å². The molecule has 0 fully saturated rings. The number of hydrogen-bond donors (Lipinski definition) is 1. The van der Waals surface area contributed by atoms with Crippen LogP contribution in [0.4, 0.5) is 4.39 Å². The van der Waals surface area contributed by atoms with Crippen molar-refractivity contribution in [2.45, 2.75) is 32.9 Å². The van der Waals surface area contributed by atoms with E-state index in [4.69, 9.17) is 5.73 Å². The van der Waals surface area contributed by atoms with Crippen molar-refractivity contribution in [2.24, 2.45) is 11.7 Å². The summed E-state index contributed by atoms with van der Waals surface area (Å²) in [5, 5.41) is 0. The third-order valence-corrected chi connectivity index (χ3v) is 2.78. The van der Waals surface area contributed by atoms with Crippen LogP contribution in [0.2, 0.25) is 0 Å². The molecule has 108 valence electrons. The highest BCUT2D eigenvalue weighted by Gasteiger charge is 2.19. The molecule has 0 radical (unpaired) electrons. The van der Waals surface area contributed by atoms with Gasteiger partial charge in [-0.3, -0.25) is 4.79 Å². The van der Waals surface area contributed by atoms with Crippen LogP contribution in [0.3, 0.4) is 0 Å². The van der Waals surface area contributed by atoms with E-state index in [2.05, 4.69) is 0 Å². The summed E-state index contributed by atoms with van der Waals surface area (Å²) in [6.07, 6.45) is 0.639. The maximum atomic E-state index is 13.5. The summed E-state index contributed by atoms with van der Waals surface area (Å²) >= 11 is 0. The molecule has 3 nitrogen and oxygen atoms in total. The minimum Gasteiger partial charge on any atom is -0.340 e. The van der Waals surface area contributed by atoms with E-state index in [1.807, 2.05) is 13.8 Å². The number of carbonyl (C=O) groups excluding carboxylic acids is 1. The third-order valence-electron chi connectivity index (χ3n) is 2.78. The second kappa shape index (κ2) is 8.12. The molecule has 1 rings (SSSR count). The van der Waals surface area contributed by atoms with E-state index in [-0.39, 0.29) is 30.7 Å². The number of nitrogens with zero attached hydrogens (tertiary/aromatic N) is 1. The summed E-state index contributed by atoms with van der Waals surface area (Å²) < 4.78 is 13.5. The van der Waals surface area contributed by atoms with Gasteiger partial charge in [-0.05, 0) is 18.4 Å². The molecular weight excluding hydrogens is 267 g/mol. The van der Waals surface area contributed by atoms with Crippen LogP contribution in [-0.2, 0) is 11.3 Å². The summed E-state index contributed by atoms with van der Waals surface area (Å²) in [6, 6.07) is 5.94. The number of halogens is 2. The molecule has 2 N–H and O–H groups in total. The maximum absolute atomic E-state index is 13.5. The molecule has 0 spiro atoms. The second-order valence-electron chi connectivity index (χ2n) is 5.02. The molecule has 5 heteroatoms. The quantitative estimate of drug-likeness (QED) is 0.905. The number of rotatable bonds is 5. The molecule has 1 amide bonds. The average molecular weight is 289 g/mol. The predicted octanol–water partition coefficient (Wildman–Crippen LogP) is 2.58. The van der Waals surface area contributed by atoms with Crippen molar-refractivity contribution < 1.29 is 9.18 Å². The van der Waals surface area contributed by atoms with Gasteiger partial charge in [0.15, 0.2) is 0 Å². The maximum Gasteiger partial charge on any atom is 0.239 e. The van der Waals surface area contributed by atoms with Crippen molar-refractivity contribution in [2.75, 3.05) is 7.05 Å². The molecule has 0 aliphatic rings. The first-order chi connectivity index (χ1) is 8.41. The largest absolute Gasteiger partial charge is 0.340 e. The normalized spacial score (nSPS) is 11.9. The third kappa shape index (κ3) is 5.57. The van der Waals surface area contributed by atoms with E-state index in [0.717, 1.165) is 0 Å². The fourth-order valence-electron chi connectivity index (χ4n) is 1.85. The Morgan fingerprint density at radius 1 is 1.37 bits per heavy atom. The van der Waals surface area contributed by atoms with E-state index in [1.54, 1.807) is 25.2 Å². The smallest absolute Gasteiger partial charge is 0.239 e. The van der Waals surface area contributed by atoms with Gasteiger partial charge in [-0.2, -0.15) is 0 Å².